The molecule has 1 atom stereocenters. The van der Waals surface area contributed by atoms with Gasteiger partial charge in [0.2, 0.25) is 11.8 Å². The molecule has 0 bridgehead atoms. The molecule has 1 N–H and O–H groups in total. The molecule has 2 aromatic heterocycles. The first kappa shape index (κ1) is 25.5. The lowest BCUT2D eigenvalue weighted by atomic mass is 10.1. The number of nitrogens with zero attached hydrogens (tertiary/aromatic N) is 5. The lowest BCUT2D eigenvalue weighted by Gasteiger charge is -2.31. The van der Waals surface area contributed by atoms with Crippen molar-refractivity contribution in [3.8, 4) is 0 Å². The molecule has 194 valence electrons. The van der Waals surface area contributed by atoms with Crippen molar-refractivity contribution in [1.29, 1.82) is 0 Å². The first-order valence-corrected chi connectivity index (χ1v) is 12.4. The number of amides is 2. The predicted octanol–water partition coefficient (Wildman–Crippen LogP) is 4.12. The highest BCUT2D eigenvalue weighted by Crippen LogP contribution is 2.28. The van der Waals surface area contributed by atoms with Crippen molar-refractivity contribution in [2.45, 2.75) is 26.1 Å². The summed E-state index contributed by atoms with van der Waals surface area (Å²) in [5.41, 5.74) is 3.61. The van der Waals surface area contributed by atoms with Gasteiger partial charge in [-0.15, -0.1) is 5.10 Å². The average molecular weight is 519 g/mol. The summed E-state index contributed by atoms with van der Waals surface area (Å²) >= 11 is 0. The Labute approximate surface area is 225 Å². The van der Waals surface area contributed by atoms with Gasteiger partial charge in [-0.1, -0.05) is 53.7 Å². The highest BCUT2D eigenvalue weighted by Gasteiger charge is 2.34. The summed E-state index contributed by atoms with van der Waals surface area (Å²) in [5, 5.41) is 11.3. The topological polar surface area (TPSA) is 110 Å². The lowest BCUT2D eigenvalue weighted by molar-refractivity contribution is -0.127. The van der Waals surface area contributed by atoms with E-state index in [0.29, 0.717) is 28.0 Å². The Bertz CT molecular complexity index is 1600. The van der Waals surface area contributed by atoms with Crippen molar-refractivity contribution < 1.29 is 14.4 Å². The van der Waals surface area contributed by atoms with Crippen LogP contribution in [0.25, 0.3) is 11.0 Å². The van der Waals surface area contributed by atoms with Crippen LogP contribution in [-0.2, 0) is 22.7 Å². The third-order valence-corrected chi connectivity index (χ3v) is 6.31. The van der Waals surface area contributed by atoms with Crippen molar-refractivity contribution in [2.75, 3.05) is 4.90 Å². The zero-order valence-electron chi connectivity index (χ0n) is 21.3. The van der Waals surface area contributed by atoms with E-state index in [1.54, 1.807) is 48.7 Å². The summed E-state index contributed by atoms with van der Waals surface area (Å²) in [6.07, 6.45) is 1.58. The van der Waals surface area contributed by atoms with Crippen LogP contribution in [0.4, 0.5) is 5.69 Å². The number of rotatable bonds is 9. The third-order valence-electron chi connectivity index (χ3n) is 6.31. The number of hydrogen-bond acceptors (Lipinski definition) is 6. The largest absolute Gasteiger partial charge is 0.350 e. The number of anilines is 1. The SMILES string of the molecule is CC(=O)c1ccc(N(C(=O)Cn2nnc3ccccc32)[C@@H](C(=O)NCc2ccccc2)c2ccccn2)cc1. The van der Waals surface area contributed by atoms with Gasteiger partial charge in [0.25, 0.3) is 0 Å². The molecule has 2 amide bonds. The molecule has 5 aromatic rings. The Morgan fingerprint density at radius 3 is 2.31 bits per heavy atom. The van der Waals surface area contributed by atoms with Gasteiger partial charge in [-0.2, -0.15) is 0 Å². The molecule has 0 unspecified atom stereocenters. The molecule has 0 spiro atoms. The van der Waals surface area contributed by atoms with Crippen molar-refractivity contribution in [3.63, 3.8) is 0 Å². The number of fused-ring (bicyclic) bond motifs is 1. The normalized spacial score (nSPS) is 11.6. The molecular weight excluding hydrogens is 492 g/mol. The number of para-hydroxylation sites is 1. The van der Waals surface area contributed by atoms with Gasteiger partial charge in [0.15, 0.2) is 11.8 Å². The molecule has 0 aliphatic rings. The van der Waals surface area contributed by atoms with E-state index in [4.69, 9.17) is 0 Å². The average Bonchev–Trinajstić information content (AvgIpc) is 3.38. The summed E-state index contributed by atoms with van der Waals surface area (Å²) in [5.74, 6) is -0.896. The van der Waals surface area contributed by atoms with Crippen LogP contribution in [0.3, 0.4) is 0 Å². The quantitative estimate of drug-likeness (QED) is 0.294. The van der Waals surface area contributed by atoms with Crippen LogP contribution in [0.15, 0.2) is 103 Å². The zero-order valence-corrected chi connectivity index (χ0v) is 21.3. The maximum absolute atomic E-state index is 14.0. The maximum Gasteiger partial charge on any atom is 0.249 e. The van der Waals surface area contributed by atoms with Crippen LogP contribution in [0.1, 0.15) is 34.6 Å². The second-order valence-electron chi connectivity index (χ2n) is 8.96. The standard InChI is InChI=1S/C30H26N6O3/c1-21(37)23-14-16-24(17-15-23)36(28(38)20-35-27-13-6-5-11-25(27)33-34-35)29(26-12-7-8-18-31-26)30(39)32-19-22-9-3-2-4-10-22/h2-18,29H,19-20H2,1H3,(H,32,39)/t29-/m1/s1. The minimum Gasteiger partial charge on any atom is -0.350 e. The Kier molecular flexibility index (Phi) is 7.49. The molecule has 0 saturated heterocycles. The first-order valence-electron chi connectivity index (χ1n) is 12.4. The van der Waals surface area contributed by atoms with Crippen LogP contribution in [0, 0.1) is 0 Å². The molecule has 9 heteroatoms. The van der Waals surface area contributed by atoms with Gasteiger partial charge in [0.1, 0.15) is 12.1 Å². The van der Waals surface area contributed by atoms with E-state index < -0.39 is 17.9 Å². The number of ketones is 1. The van der Waals surface area contributed by atoms with Crippen LogP contribution < -0.4 is 10.2 Å². The van der Waals surface area contributed by atoms with E-state index in [1.807, 2.05) is 54.6 Å². The summed E-state index contributed by atoms with van der Waals surface area (Å²) < 4.78 is 1.51. The van der Waals surface area contributed by atoms with Crippen LogP contribution in [0.2, 0.25) is 0 Å². The Hall–Kier alpha value is -5.18. The molecule has 0 saturated carbocycles. The number of pyridine rings is 1. The number of nitrogens with one attached hydrogen (secondary N) is 1. The summed E-state index contributed by atoms with van der Waals surface area (Å²) in [4.78, 5) is 45.6. The molecule has 0 radical (unpaired) electrons. The second kappa shape index (κ2) is 11.5. The van der Waals surface area contributed by atoms with Crippen molar-refractivity contribution in [3.05, 3.63) is 120 Å². The minimum absolute atomic E-state index is 0.101. The molecule has 5 rings (SSSR count). The fourth-order valence-electron chi connectivity index (χ4n) is 4.34. The van der Waals surface area contributed by atoms with Crippen molar-refractivity contribution in [2.24, 2.45) is 0 Å². The van der Waals surface area contributed by atoms with Crippen LogP contribution >= 0.6 is 0 Å². The van der Waals surface area contributed by atoms with Gasteiger partial charge < -0.3 is 5.32 Å². The molecule has 39 heavy (non-hydrogen) atoms. The molecule has 3 aromatic carbocycles. The molecule has 0 fully saturated rings. The van der Waals surface area contributed by atoms with Gasteiger partial charge in [0, 0.05) is 24.0 Å². The van der Waals surface area contributed by atoms with E-state index in [1.165, 1.54) is 16.5 Å². The van der Waals surface area contributed by atoms with E-state index >= 15 is 0 Å². The third kappa shape index (κ3) is 5.72. The Morgan fingerprint density at radius 2 is 1.59 bits per heavy atom. The summed E-state index contributed by atoms with van der Waals surface area (Å²) in [6, 6.07) is 27.6. The first-order chi connectivity index (χ1) is 19.0. The smallest absolute Gasteiger partial charge is 0.249 e. The van der Waals surface area contributed by atoms with Gasteiger partial charge >= 0.3 is 0 Å². The Morgan fingerprint density at radius 1 is 0.872 bits per heavy atom. The molecule has 0 aliphatic heterocycles. The maximum atomic E-state index is 14.0. The number of benzene rings is 3. The molecule has 0 aliphatic carbocycles. The fraction of sp³-hybridized carbons (Fsp3) is 0.133. The summed E-state index contributed by atoms with van der Waals surface area (Å²) in [7, 11) is 0. The summed E-state index contributed by atoms with van der Waals surface area (Å²) in [6.45, 7) is 1.59. The van der Waals surface area contributed by atoms with Gasteiger partial charge in [0.05, 0.1) is 11.2 Å². The lowest BCUT2D eigenvalue weighted by Crippen LogP contribution is -2.45. The number of Topliss-reactive ketones (excluding diaryl/α,β-unsaturated/α-hetero) is 1. The second-order valence-corrected chi connectivity index (χ2v) is 8.96. The van der Waals surface area contributed by atoms with Crippen molar-refractivity contribution >= 4 is 34.3 Å². The van der Waals surface area contributed by atoms with Crippen LogP contribution in [0.5, 0.6) is 0 Å². The van der Waals surface area contributed by atoms with Crippen LogP contribution in [-0.4, -0.2) is 37.6 Å². The van der Waals surface area contributed by atoms with Gasteiger partial charge in [-0.3, -0.25) is 24.3 Å². The molecule has 9 nitrogen and oxygen atoms in total. The van der Waals surface area contributed by atoms with E-state index in [9.17, 15) is 14.4 Å². The van der Waals surface area contributed by atoms with Gasteiger partial charge in [-0.25, -0.2) is 4.68 Å². The molecule has 2 heterocycles. The fourth-order valence-corrected chi connectivity index (χ4v) is 4.34. The number of hydrogen-bond donors (Lipinski definition) is 1. The van der Waals surface area contributed by atoms with E-state index in [-0.39, 0.29) is 18.9 Å². The Balaban J connectivity index is 1.55. The predicted molar refractivity (Wildman–Crippen MR) is 147 cm³/mol. The zero-order chi connectivity index (χ0) is 27.2. The highest BCUT2D eigenvalue weighted by atomic mass is 16.2. The highest BCUT2D eigenvalue weighted by molar-refractivity contribution is 6.02. The number of carbonyl (C=O) groups excluding carboxylic acids is 3. The number of carbonyl (C=O) groups is 3. The monoisotopic (exact) mass is 518 g/mol. The van der Waals surface area contributed by atoms with E-state index in [0.717, 1.165) is 5.56 Å². The van der Waals surface area contributed by atoms with E-state index in [2.05, 4.69) is 20.6 Å². The minimum atomic E-state index is -1.08. The van der Waals surface area contributed by atoms with Gasteiger partial charge in [-0.05, 0) is 61.0 Å². The number of aromatic nitrogens is 4. The molecular formula is C30H26N6O3. The van der Waals surface area contributed by atoms with Crippen molar-refractivity contribution in [1.82, 2.24) is 25.3 Å².